The van der Waals surface area contributed by atoms with Gasteiger partial charge in [-0.05, 0) is 55.2 Å². The lowest BCUT2D eigenvalue weighted by molar-refractivity contribution is -0.120. The Bertz CT molecular complexity index is 1230. The number of imide groups is 1. The highest BCUT2D eigenvalue weighted by Crippen LogP contribution is 2.27. The summed E-state index contributed by atoms with van der Waals surface area (Å²) in [5.74, 6) is -0.820. The molecule has 7 nitrogen and oxygen atoms in total. The predicted molar refractivity (Wildman–Crippen MR) is 120 cm³/mol. The van der Waals surface area contributed by atoms with E-state index in [0.29, 0.717) is 34.6 Å². The predicted octanol–water partition coefficient (Wildman–Crippen LogP) is 3.46. The van der Waals surface area contributed by atoms with Gasteiger partial charge in [-0.25, -0.2) is 4.79 Å². The monoisotopic (exact) mass is 436 g/mol. The van der Waals surface area contributed by atoms with E-state index >= 15 is 0 Å². The Kier molecular flexibility index (Phi) is 5.65. The Balaban J connectivity index is 1.64. The summed E-state index contributed by atoms with van der Waals surface area (Å²) in [4.78, 5) is 51.7. The maximum absolute atomic E-state index is 13.2. The number of benzene rings is 2. The largest absolute Gasteiger partial charge is 0.423 e. The summed E-state index contributed by atoms with van der Waals surface area (Å²) in [7, 11) is 0. The van der Waals surface area contributed by atoms with Crippen molar-refractivity contribution in [3.63, 3.8) is 0 Å². The van der Waals surface area contributed by atoms with E-state index < -0.39 is 29.4 Å². The summed E-state index contributed by atoms with van der Waals surface area (Å²) < 4.78 is 5.24. The van der Waals surface area contributed by atoms with Crippen LogP contribution in [0.2, 0.25) is 0 Å². The maximum atomic E-state index is 13.2. The molecule has 0 radical (unpaired) electrons. The molecule has 0 saturated heterocycles. The van der Waals surface area contributed by atoms with Crippen molar-refractivity contribution in [1.82, 2.24) is 4.90 Å². The highest BCUT2D eigenvalue weighted by Gasteiger charge is 2.42. The van der Waals surface area contributed by atoms with E-state index in [1.165, 1.54) is 17.8 Å². The average Bonchev–Trinajstić information content (AvgIpc) is 2.99. The van der Waals surface area contributed by atoms with E-state index in [4.69, 9.17) is 4.42 Å². The number of anilines is 1. The normalized spacial score (nSPS) is 14.1. The van der Waals surface area contributed by atoms with Crippen LogP contribution in [0.25, 0.3) is 11.0 Å². The molecule has 31 heavy (non-hydrogen) atoms. The van der Waals surface area contributed by atoms with E-state index in [2.05, 4.69) is 5.32 Å². The minimum Gasteiger partial charge on any atom is -0.423 e. The fourth-order valence-corrected chi connectivity index (χ4v) is 4.19. The molecule has 1 aromatic heterocycles. The standard InChI is InChI=1S/C23H20N2O5S/c1-13-11-20(26)30-19-12-14(7-8-15(13)19)24-21(27)18(9-10-31-2)25-22(28)16-5-3-4-6-17(16)23(25)29/h3-8,11-12,18H,9-10H2,1-2H3,(H,24,27)/t18-/m0/s1. The third kappa shape index (κ3) is 3.86. The van der Waals surface area contributed by atoms with Crippen LogP contribution in [0.1, 0.15) is 32.7 Å². The molecule has 4 rings (SSSR count). The highest BCUT2D eigenvalue weighted by atomic mass is 32.2. The lowest BCUT2D eigenvalue weighted by Crippen LogP contribution is -2.47. The quantitative estimate of drug-likeness (QED) is 0.470. The van der Waals surface area contributed by atoms with Crippen molar-refractivity contribution in [2.24, 2.45) is 0 Å². The number of fused-ring (bicyclic) bond motifs is 2. The van der Waals surface area contributed by atoms with Crippen LogP contribution in [0.4, 0.5) is 5.69 Å². The van der Waals surface area contributed by atoms with Gasteiger partial charge in [-0.1, -0.05) is 12.1 Å². The second-order valence-corrected chi connectivity index (χ2v) is 8.26. The average molecular weight is 436 g/mol. The summed E-state index contributed by atoms with van der Waals surface area (Å²) in [6.07, 6.45) is 2.21. The van der Waals surface area contributed by atoms with Crippen molar-refractivity contribution in [3.8, 4) is 0 Å². The fraction of sp³-hybridized carbons (Fsp3) is 0.217. The van der Waals surface area contributed by atoms with Crippen molar-refractivity contribution in [1.29, 1.82) is 0 Å². The van der Waals surface area contributed by atoms with E-state index in [-0.39, 0.29) is 0 Å². The molecule has 0 bridgehead atoms. The zero-order chi connectivity index (χ0) is 22.1. The van der Waals surface area contributed by atoms with E-state index in [1.807, 2.05) is 6.26 Å². The number of thioether (sulfide) groups is 1. The molecule has 1 aliphatic heterocycles. The lowest BCUT2D eigenvalue weighted by atomic mass is 10.1. The van der Waals surface area contributed by atoms with Gasteiger partial charge in [0.25, 0.3) is 11.8 Å². The summed E-state index contributed by atoms with van der Waals surface area (Å²) in [5, 5.41) is 3.53. The van der Waals surface area contributed by atoms with Crippen molar-refractivity contribution in [2.75, 3.05) is 17.3 Å². The van der Waals surface area contributed by atoms with Crippen molar-refractivity contribution >= 4 is 46.1 Å². The van der Waals surface area contributed by atoms with Crippen molar-refractivity contribution in [3.05, 3.63) is 75.6 Å². The zero-order valence-electron chi connectivity index (χ0n) is 17.0. The Hall–Kier alpha value is -3.39. The molecule has 0 aliphatic carbocycles. The lowest BCUT2D eigenvalue weighted by Gasteiger charge is -2.25. The van der Waals surface area contributed by atoms with Crippen LogP contribution in [-0.4, -0.2) is 40.7 Å². The summed E-state index contributed by atoms with van der Waals surface area (Å²) >= 11 is 1.52. The Morgan fingerprint density at radius 2 is 1.74 bits per heavy atom. The number of nitrogens with zero attached hydrogens (tertiary/aromatic N) is 1. The fourth-order valence-electron chi connectivity index (χ4n) is 3.73. The Morgan fingerprint density at radius 3 is 2.39 bits per heavy atom. The van der Waals surface area contributed by atoms with Gasteiger partial charge in [0, 0.05) is 23.2 Å². The molecule has 0 fully saturated rings. The molecular formula is C23H20N2O5S. The summed E-state index contributed by atoms with van der Waals surface area (Å²) in [5.41, 5.74) is 1.67. The van der Waals surface area contributed by atoms with Crippen LogP contribution in [0, 0.1) is 6.92 Å². The molecule has 1 atom stereocenters. The molecule has 1 aliphatic rings. The minimum atomic E-state index is -0.958. The molecule has 2 aromatic carbocycles. The third-order valence-corrected chi connectivity index (χ3v) is 5.90. The third-order valence-electron chi connectivity index (χ3n) is 5.25. The van der Waals surface area contributed by atoms with Gasteiger partial charge in [-0.15, -0.1) is 0 Å². The topological polar surface area (TPSA) is 96.7 Å². The van der Waals surface area contributed by atoms with E-state index in [9.17, 15) is 19.2 Å². The molecule has 0 unspecified atom stereocenters. The molecule has 2 heterocycles. The van der Waals surface area contributed by atoms with Crippen LogP contribution in [0.3, 0.4) is 0 Å². The Morgan fingerprint density at radius 1 is 1.06 bits per heavy atom. The van der Waals surface area contributed by atoms with Crippen LogP contribution in [-0.2, 0) is 4.79 Å². The van der Waals surface area contributed by atoms with Gasteiger partial charge in [-0.3, -0.25) is 19.3 Å². The first-order chi connectivity index (χ1) is 14.9. The summed E-state index contributed by atoms with van der Waals surface area (Å²) in [6.45, 7) is 1.80. The maximum Gasteiger partial charge on any atom is 0.336 e. The van der Waals surface area contributed by atoms with Gasteiger partial charge in [-0.2, -0.15) is 11.8 Å². The second-order valence-electron chi connectivity index (χ2n) is 7.27. The number of amides is 3. The first-order valence-corrected chi connectivity index (χ1v) is 11.1. The van der Waals surface area contributed by atoms with Gasteiger partial charge in [0.05, 0.1) is 11.1 Å². The van der Waals surface area contributed by atoms with Crippen molar-refractivity contribution in [2.45, 2.75) is 19.4 Å². The highest BCUT2D eigenvalue weighted by molar-refractivity contribution is 7.98. The number of aryl methyl sites for hydroxylation is 1. The molecule has 158 valence electrons. The number of rotatable bonds is 6. The van der Waals surface area contributed by atoms with Crippen LogP contribution in [0.15, 0.2) is 57.7 Å². The zero-order valence-corrected chi connectivity index (χ0v) is 17.8. The number of carbonyl (C=O) groups is 3. The summed E-state index contributed by atoms with van der Waals surface area (Å²) in [6, 6.07) is 12.0. The number of nitrogens with one attached hydrogen (secondary N) is 1. The van der Waals surface area contributed by atoms with Gasteiger partial charge in [0.15, 0.2) is 0 Å². The smallest absolute Gasteiger partial charge is 0.336 e. The van der Waals surface area contributed by atoms with Gasteiger partial charge in [0.2, 0.25) is 5.91 Å². The molecule has 1 N–H and O–H groups in total. The van der Waals surface area contributed by atoms with Gasteiger partial charge < -0.3 is 9.73 Å². The SMILES string of the molecule is CSCC[C@@H](C(=O)Nc1ccc2c(C)cc(=O)oc2c1)N1C(=O)c2ccccc2C1=O. The molecule has 3 aromatic rings. The molecular weight excluding hydrogens is 416 g/mol. The second kappa shape index (κ2) is 8.39. The number of hydrogen-bond donors (Lipinski definition) is 1. The minimum absolute atomic E-state index is 0.303. The van der Waals surface area contributed by atoms with Crippen LogP contribution < -0.4 is 10.9 Å². The molecule has 3 amide bonds. The van der Waals surface area contributed by atoms with Crippen LogP contribution >= 0.6 is 11.8 Å². The van der Waals surface area contributed by atoms with Crippen molar-refractivity contribution < 1.29 is 18.8 Å². The van der Waals surface area contributed by atoms with Gasteiger partial charge >= 0.3 is 5.63 Å². The number of carbonyl (C=O) groups excluding carboxylic acids is 3. The van der Waals surface area contributed by atoms with Crippen LogP contribution in [0.5, 0.6) is 0 Å². The molecule has 0 spiro atoms. The molecule has 8 heteroatoms. The van der Waals surface area contributed by atoms with E-state index in [0.717, 1.165) is 15.8 Å². The first kappa shape index (κ1) is 20.9. The molecule has 0 saturated carbocycles. The Labute approximate surface area is 182 Å². The first-order valence-electron chi connectivity index (χ1n) is 9.72. The van der Waals surface area contributed by atoms with Gasteiger partial charge in [0.1, 0.15) is 11.6 Å². The van der Waals surface area contributed by atoms with E-state index in [1.54, 1.807) is 49.4 Å². The number of hydrogen-bond acceptors (Lipinski definition) is 6.